The molecule has 0 radical (unpaired) electrons. The number of carboxylic acids is 1. The number of carboxylic acid groups (broad SMARTS) is 1. The lowest BCUT2D eigenvalue weighted by Crippen LogP contribution is -2.07. The average molecular weight is 327 g/mol. The van der Waals surface area contributed by atoms with Crippen LogP contribution in [0, 0.1) is 12.7 Å². The number of aromatic nitrogens is 2. The second-order valence-corrected chi connectivity index (χ2v) is 5.65. The summed E-state index contributed by atoms with van der Waals surface area (Å²) in [7, 11) is 0. The minimum Gasteiger partial charge on any atom is -0.481 e. The summed E-state index contributed by atoms with van der Waals surface area (Å²) in [5.74, 6) is -0.502. The van der Waals surface area contributed by atoms with Crippen LogP contribution in [0.4, 0.5) is 10.2 Å². The van der Waals surface area contributed by atoms with Gasteiger partial charge in [0.1, 0.15) is 23.0 Å². The molecule has 0 aliphatic heterocycles. The van der Waals surface area contributed by atoms with Crippen LogP contribution >= 0.6 is 0 Å². The Bertz CT molecular complexity index is 889. The number of hydrogen-bond donors (Lipinski definition) is 2. The number of imidazole rings is 1. The number of pyridine rings is 1. The van der Waals surface area contributed by atoms with E-state index in [4.69, 9.17) is 5.11 Å². The molecule has 0 bridgehead atoms. The Morgan fingerprint density at radius 3 is 2.96 bits per heavy atom. The Morgan fingerprint density at radius 1 is 1.33 bits per heavy atom. The maximum Gasteiger partial charge on any atom is 0.303 e. The third-order valence-corrected chi connectivity index (χ3v) is 3.77. The SMILES string of the molecule is Cc1ccc(F)c(-c2nc3ccccn3c2NCCCC(=O)O)c1. The minimum absolute atomic E-state index is 0.0812. The predicted octanol–water partition coefficient (Wildman–Crippen LogP) is 3.73. The molecule has 0 amide bonds. The molecule has 6 heteroatoms. The van der Waals surface area contributed by atoms with Gasteiger partial charge in [0.2, 0.25) is 0 Å². The van der Waals surface area contributed by atoms with Crippen LogP contribution in [-0.4, -0.2) is 27.0 Å². The van der Waals surface area contributed by atoms with Crippen molar-refractivity contribution in [2.75, 3.05) is 11.9 Å². The number of anilines is 1. The van der Waals surface area contributed by atoms with E-state index in [0.29, 0.717) is 35.7 Å². The van der Waals surface area contributed by atoms with E-state index in [-0.39, 0.29) is 12.2 Å². The molecule has 2 aromatic heterocycles. The first-order chi connectivity index (χ1) is 11.6. The van der Waals surface area contributed by atoms with Crippen LogP contribution in [0.2, 0.25) is 0 Å². The third-order valence-electron chi connectivity index (χ3n) is 3.77. The molecule has 0 fully saturated rings. The molecule has 0 atom stereocenters. The Hall–Kier alpha value is -2.89. The number of fused-ring (bicyclic) bond motifs is 1. The van der Waals surface area contributed by atoms with Gasteiger partial charge in [-0.3, -0.25) is 9.20 Å². The quantitative estimate of drug-likeness (QED) is 0.677. The summed E-state index contributed by atoms with van der Waals surface area (Å²) >= 11 is 0. The highest BCUT2D eigenvalue weighted by atomic mass is 19.1. The number of nitrogens with one attached hydrogen (secondary N) is 1. The fraction of sp³-hybridized carbons (Fsp3) is 0.222. The van der Waals surface area contributed by atoms with Crippen LogP contribution in [0.5, 0.6) is 0 Å². The second-order valence-electron chi connectivity index (χ2n) is 5.65. The molecule has 5 nitrogen and oxygen atoms in total. The van der Waals surface area contributed by atoms with Gasteiger partial charge >= 0.3 is 5.97 Å². The van der Waals surface area contributed by atoms with Gasteiger partial charge in [0, 0.05) is 24.7 Å². The smallest absolute Gasteiger partial charge is 0.303 e. The van der Waals surface area contributed by atoms with Gasteiger partial charge < -0.3 is 10.4 Å². The summed E-state index contributed by atoms with van der Waals surface area (Å²) in [5, 5.41) is 12.0. The summed E-state index contributed by atoms with van der Waals surface area (Å²) in [6.07, 6.45) is 2.40. The molecule has 124 valence electrons. The monoisotopic (exact) mass is 327 g/mol. The van der Waals surface area contributed by atoms with Gasteiger partial charge in [0.15, 0.2) is 0 Å². The fourth-order valence-corrected chi connectivity index (χ4v) is 2.62. The highest BCUT2D eigenvalue weighted by Crippen LogP contribution is 2.31. The van der Waals surface area contributed by atoms with E-state index < -0.39 is 5.97 Å². The molecular weight excluding hydrogens is 309 g/mol. The molecule has 0 unspecified atom stereocenters. The number of hydrogen-bond acceptors (Lipinski definition) is 3. The van der Waals surface area contributed by atoms with E-state index in [2.05, 4.69) is 10.3 Å². The van der Waals surface area contributed by atoms with Crippen molar-refractivity contribution >= 4 is 17.4 Å². The first-order valence-electron chi connectivity index (χ1n) is 7.75. The molecule has 3 rings (SSSR count). The number of aryl methyl sites for hydroxylation is 1. The molecule has 2 N–H and O–H groups in total. The molecule has 0 aliphatic rings. The van der Waals surface area contributed by atoms with Gasteiger partial charge in [-0.2, -0.15) is 0 Å². The molecular formula is C18H18FN3O2. The van der Waals surface area contributed by atoms with E-state index in [1.165, 1.54) is 6.07 Å². The molecule has 2 heterocycles. The van der Waals surface area contributed by atoms with E-state index in [9.17, 15) is 9.18 Å². The standard InChI is InChI=1S/C18H18FN3O2/c1-12-7-8-14(19)13(11-12)17-18(20-9-4-6-16(23)24)22-10-3-2-5-15(22)21-17/h2-3,5,7-8,10-11,20H,4,6,9H2,1H3,(H,23,24). The van der Waals surface area contributed by atoms with Crippen molar-refractivity contribution in [1.82, 2.24) is 9.38 Å². The zero-order chi connectivity index (χ0) is 17.1. The van der Waals surface area contributed by atoms with Crippen molar-refractivity contribution in [1.29, 1.82) is 0 Å². The van der Waals surface area contributed by atoms with Crippen molar-refractivity contribution in [3.63, 3.8) is 0 Å². The zero-order valence-corrected chi connectivity index (χ0v) is 13.3. The Labute approximate surface area is 138 Å². The molecule has 0 saturated carbocycles. The Balaban J connectivity index is 2.01. The van der Waals surface area contributed by atoms with Crippen molar-refractivity contribution < 1.29 is 14.3 Å². The first kappa shape index (κ1) is 16.0. The summed E-state index contributed by atoms with van der Waals surface area (Å²) in [4.78, 5) is 15.2. The summed E-state index contributed by atoms with van der Waals surface area (Å²) in [6, 6.07) is 10.5. The summed E-state index contributed by atoms with van der Waals surface area (Å²) in [5.41, 5.74) is 2.60. The van der Waals surface area contributed by atoms with Gasteiger partial charge in [-0.1, -0.05) is 17.7 Å². The van der Waals surface area contributed by atoms with Gasteiger partial charge in [0.25, 0.3) is 0 Å². The molecule has 24 heavy (non-hydrogen) atoms. The third kappa shape index (κ3) is 3.22. The maximum absolute atomic E-state index is 14.3. The van der Waals surface area contributed by atoms with Gasteiger partial charge in [-0.25, -0.2) is 9.37 Å². The lowest BCUT2D eigenvalue weighted by atomic mass is 10.1. The van der Waals surface area contributed by atoms with Gasteiger partial charge in [-0.05, 0) is 37.6 Å². The number of aliphatic carboxylic acids is 1. The van der Waals surface area contributed by atoms with Crippen molar-refractivity contribution in [3.05, 3.63) is 54.0 Å². The minimum atomic E-state index is -0.833. The molecule has 3 aromatic rings. The fourth-order valence-electron chi connectivity index (χ4n) is 2.62. The second kappa shape index (κ2) is 6.70. The summed E-state index contributed by atoms with van der Waals surface area (Å²) < 4.78 is 16.1. The number of rotatable bonds is 6. The van der Waals surface area contributed by atoms with E-state index in [1.807, 2.05) is 35.7 Å². The zero-order valence-electron chi connectivity index (χ0n) is 13.3. The lowest BCUT2D eigenvalue weighted by molar-refractivity contribution is -0.137. The van der Waals surface area contributed by atoms with Crippen LogP contribution in [0.25, 0.3) is 16.9 Å². The topological polar surface area (TPSA) is 66.6 Å². The van der Waals surface area contributed by atoms with E-state index in [1.54, 1.807) is 12.1 Å². The largest absolute Gasteiger partial charge is 0.481 e. The van der Waals surface area contributed by atoms with Crippen molar-refractivity contribution in [2.24, 2.45) is 0 Å². The molecule has 0 aliphatic carbocycles. The number of carbonyl (C=O) groups is 1. The van der Waals surface area contributed by atoms with Crippen LogP contribution in [0.1, 0.15) is 18.4 Å². The van der Waals surface area contributed by atoms with Crippen LogP contribution < -0.4 is 5.32 Å². The highest BCUT2D eigenvalue weighted by molar-refractivity contribution is 5.77. The number of nitrogens with zero attached hydrogens (tertiary/aromatic N) is 2. The predicted molar refractivity (Wildman–Crippen MR) is 90.7 cm³/mol. The van der Waals surface area contributed by atoms with Gasteiger partial charge in [-0.15, -0.1) is 0 Å². The normalized spacial score (nSPS) is 10.9. The molecule has 0 saturated heterocycles. The Kier molecular flexibility index (Phi) is 4.46. The van der Waals surface area contributed by atoms with E-state index in [0.717, 1.165) is 5.56 Å². The molecule has 0 spiro atoms. The van der Waals surface area contributed by atoms with Crippen LogP contribution in [-0.2, 0) is 4.79 Å². The average Bonchev–Trinajstić information content (AvgIpc) is 2.92. The molecule has 1 aromatic carbocycles. The number of halogens is 1. The van der Waals surface area contributed by atoms with E-state index >= 15 is 0 Å². The van der Waals surface area contributed by atoms with Crippen LogP contribution in [0.3, 0.4) is 0 Å². The summed E-state index contributed by atoms with van der Waals surface area (Å²) in [6.45, 7) is 2.37. The van der Waals surface area contributed by atoms with Gasteiger partial charge in [0.05, 0.1) is 0 Å². The van der Waals surface area contributed by atoms with Crippen molar-refractivity contribution in [3.8, 4) is 11.3 Å². The van der Waals surface area contributed by atoms with Crippen molar-refractivity contribution in [2.45, 2.75) is 19.8 Å². The first-order valence-corrected chi connectivity index (χ1v) is 7.75. The van der Waals surface area contributed by atoms with Crippen LogP contribution in [0.15, 0.2) is 42.6 Å². The number of benzene rings is 1. The maximum atomic E-state index is 14.3. The Morgan fingerprint density at radius 2 is 2.17 bits per heavy atom. The highest BCUT2D eigenvalue weighted by Gasteiger charge is 2.17. The lowest BCUT2D eigenvalue weighted by Gasteiger charge is -2.09.